The van der Waals surface area contributed by atoms with Gasteiger partial charge >= 0.3 is 46.9 Å². The summed E-state index contributed by atoms with van der Waals surface area (Å²) < 4.78 is 157. The van der Waals surface area contributed by atoms with Crippen LogP contribution in [0.3, 0.4) is 0 Å². The number of hydrogen-bond donors (Lipinski definition) is 0. The average molecular weight is 510 g/mol. The van der Waals surface area contributed by atoms with Gasteiger partial charge in [-0.2, -0.15) is 4.20 Å². The van der Waals surface area contributed by atoms with Crippen molar-refractivity contribution in [2.24, 2.45) is 27.1 Å². The van der Waals surface area contributed by atoms with Crippen molar-refractivity contribution in [1.29, 1.82) is 0 Å². The standard InChI is InChI=1S/CH3F11N6OP6/c1-19-25(12)17-23(8,9)15-21(4,5)13-20(2,3)14-22(6,7)16-24(10,11)18-25/h1H3. The van der Waals surface area contributed by atoms with Gasteiger partial charge in [-0.3, -0.25) is 0 Å². The van der Waals surface area contributed by atoms with Crippen molar-refractivity contribution in [1.82, 2.24) is 0 Å². The summed E-state index contributed by atoms with van der Waals surface area (Å²) in [5.41, 5.74) is 0. The van der Waals surface area contributed by atoms with Crippen LogP contribution in [0.4, 0.5) is 46.2 Å². The van der Waals surface area contributed by atoms with Gasteiger partial charge < -0.3 is 4.52 Å². The molecule has 0 radical (unpaired) electrons. The van der Waals surface area contributed by atoms with Crippen LogP contribution in [0.5, 0.6) is 0 Å². The van der Waals surface area contributed by atoms with Crippen LogP contribution in [-0.2, 0) is 4.52 Å². The van der Waals surface area contributed by atoms with E-state index in [1.54, 1.807) is 9.03 Å². The third-order valence-electron chi connectivity index (χ3n) is 1.53. The second kappa shape index (κ2) is 7.19. The summed E-state index contributed by atoms with van der Waals surface area (Å²) in [7, 11) is -40.8. The van der Waals surface area contributed by atoms with Crippen LogP contribution in [0.1, 0.15) is 0 Å². The van der Waals surface area contributed by atoms with Crippen molar-refractivity contribution in [3.05, 3.63) is 0 Å². The zero-order chi connectivity index (χ0) is 19.9. The van der Waals surface area contributed by atoms with Gasteiger partial charge in [-0.15, -0.1) is 69.1 Å². The quantitative estimate of drug-likeness (QED) is 0.255. The molecule has 1 rings (SSSR count). The van der Waals surface area contributed by atoms with E-state index in [4.69, 9.17) is 0 Å². The molecule has 0 N–H and O–H groups in total. The Morgan fingerprint density at radius 1 is 0.440 bits per heavy atom. The summed E-state index contributed by atoms with van der Waals surface area (Å²) in [5, 5.41) is 0. The summed E-state index contributed by atoms with van der Waals surface area (Å²) in [6.07, 6.45) is 0. The van der Waals surface area contributed by atoms with E-state index in [-0.39, 0.29) is 7.11 Å². The zero-order valence-electron chi connectivity index (χ0n) is 10.9. The minimum Gasteiger partial charge on any atom is -0.306 e. The molecule has 0 aromatic rings. The van der Waals surface area contributed by atoms with Gasteiger partial charge in [0, 0.05) is 7.11 Å². The lowest BCUT2D eigenvalue weighted by Crippen LogP contribution is -1.74. The molecule has 24 heteroatoms. The SMILES string of the molecule is COP1(F)=NP(F)(F)=NP(F)(F)=NP(F)(F)=NP(F)(F)=NP(F)(F)=N1. The molecule has 0 spiro atoms. The summed E-state index contributed by atoms with van der Waals surface area (Å²) >= 11 is 0. The molecule has 0 aromatic heterocycles. The minimum atomic E-state index is -7.05. The monoisotopic (exact) mass is 510 g/mol. The largest absolute Gasteiger partial charge is 0.425 e. The summed E-state index contributed by atoms with van der Waals surface area (Å²) in [5.74, 6) is 0. The Bertz CT molecular complexity index is 869. The van der Waals surface area contributed by atoms with Crippen molar-refractivity contribution in [3.63, 3.8) is 0 Å². The van der Waals surface area contributed by atoms with Crippen molar-refractivity contribution >= 4 is 46.9 Å². The van der Waals surface area contributed by atoms with E-state index in [1.165, 1.54) is 18.1 Å². The molecule has 0 saturated heterocycles. The first-order valence-electron chi connectivity index (χ1n) is 4.85. The molecule has 1 aliphatic heterocycles. The highest BCUT2D eigenvalue weighted by Crippen LogP contribution is 2.82. The van der Waals surface area contributed by atoms with Gasteiger partial charge in [0.15, 0.2) is 0 Å². The highest BCUT2D eigenvalue weighted by Gasteiger charge is 2.40. The fraction of sp³-hybridized carbons (Fsp3) is 1.00. The van der Waals surface area contributed by atoms with Crippen molar-refractivity contribution in [2.75, 3.05) is 7.11 Å². The summed E-state index contributed by atoms with van der Waals surface area (Å²) in [4.78, 5) is 0. The first-order valence-corrected chi connectivity index (χ1v) is 13.7. The molecule has 0 saturated carbocycles. The van der Waals surface area contributed by atoms with E-state index in [1.807, 2.05) is 0 Å². The zero-order valence-corrected chi connectivity index (χ0v) is 16.3. The highest BCUT2D eigenvalue weighted by atomic mass is 31.3. The van der Waals surface area contributed by atoms with Crippen LogP contribution in [0.15, 0.2) is 27.1 Å². The van der Waals surface area contributed by atoms with Crippen LogP contribution in [0.25, 0.3) is 0 Å². The molecule has 1 heterocycles. The molecule has 1 aliphatic rings. The third kappa shape index (κ3) is 7.99. The molecule has 1 unspecified atom stereocenters. The second-order valence-electron chi connectivity index (χ2n) is 3.47. The lowest BCUT2D eigenvalue weighted by atomic mass is 11.8. The van der Waals surface area contributed by atoms with E-state index in [2.05, 4.69) is 4.52 Å². The van der Waals surface area contributed by atoms with Gasteiger partial charge in [0.25, 0.3) is 0 Å². The maximum Gasteiger partial charge on any atom is 0.425 e. The minimum absolute atomic E-state index is 0.168. The molecule has 0 bridgehead atoms. The van der Waals surface area contributed by atoms with Gasteiger partial charge in [0.05, 0.1) is 0 Å². The second-order valence-corrected chi connectivity index (χ2v) is 13.6. The first-order chi connectivity index (χ1) is 10.8. The Morgan fingerprint density at radius 2 is 0.680 bits per heavy atom. The fourth-order valence-electron chi connectivity index (χ4n) is 0.964. The van der Waals surface area contributed by atoms with Crippen molar-refractivity contribution in [3.8, 4) is 0 Å². The highest BCUT2D eigenvalue weighted by molar-refractivity contribution is 7.78. The number of hydrogen-bond acceptors (Lipinski definition) is 7. The molecule has 25 heavy (non-hydrogen) atoms. The summed E-state index contributed by atoms with van der Waals surface area (Å²) in [6.45, 7) is 0. The molecule has 0 amide bonds. The molecule has 0 fully saturated rings. The average Bonchev–Trinajstić information content (AvgIpc) is 2.17. The Labute approximate surface area is 132 Å². The van der Waals surface area contributed by atoms with Crippen LogP contribution < -0.4 is 0 Å². The van der Waals surface area contributed by atoms with Crippen molar-refractivity contribution in [2.45, 2.75) is 0 Å². The number of halogens is 11. The normalized spacial score (nSPS) is 32.6. The Hall–Kier alpha value is 0.570. The van der Waals surface area contributed by atoms with Gasteiger partial charge in [-0.1, -0.05) is 0 Å². The predicted molar refractivity (Wildman–Crippen MR) is 75.3 cm³/mol. The Morgan fingerprint density at radius 3 is 0.960 bits per heavy atom. The molecule has 7 nitrogen and oxygen atoms in total. The molecule has 0 aliphatic carbocycles. The van der Waals surface area contributed by atoms with Gasteiger partial charge in [0.1, 0.15) is 0 Å². The topological polar surface area (TPSA) is 83.4 Å². The molecule has 150 valence electrons. The van der Waals surface area contributed by atoms with Gasteiger partial charge in [-0.25, -0.2) is 0 Å². The Balaban J connectivity index is 4.12. The van der Waals surface area contributed by atoms with E-state index in [0.717, 1.165) is 0 Å². The van der Waals surface area contributed by atoms with Crippen LogP contribution >= 0.6 is 46.9 Å². The predicted octanol–water partition coefficient (Wildman–Crippen LogP) is 11.0. The van der Waals surface area contributed by atoms with Gasteiger partial charge in [-0.05, 0) is 0 Å². The summed E-state index contributed by atoms with van der Waals surface area (Å²) in [6, 6.07) is 0. The maximum absolute atomic E-state index is 13.8. The Kier molecular flexibility index (Phi) is 6.79. The van der Waals surface area contributed by atoms with Crippen LogP contribution in [0.2, 0.25) is 0 Å². The van der Waals surface area contributed by atoms with E-state index in [0.29, 0.717) is 0 Å². The number of rotatable bonds is 1. The third-order valence-corrected chi connectivity index (χ3v) is 12.4. The molecule has 0 aromatic carbocycles. The lowest BCUT2D eigenvalue weighted by Gasteiger charge is -2.12. The van der Waals surface area contributed by atoms with Crippen LogP contribution in [0, 0.1) is 0 Å². The lowest BCUT2D eigenvalue weighted by molar-refractivity contribution is 0.420. The molecule has 1 atom stereocenters. The van der Waals surface area contributed by atoms with E-state index >= 15 is 0 Å². The van der Waals surface area contributed by atoms with E-state index < -0.39 is 46.9 Å². The van der Waals surface area contributed by atoms with E-state index in [9.17, 15) is 46.2 Å². The van der Waals surface area contributed by atoms with Gasteiger partial charge in [0.2, 0.25) is 0 Å². The van der Waals surface area contributed by atoms with Crippen molar-refractivity contribution < 1.29 is 50.7 Å². The molecular formula is CH3F11N6OP6. The maximum atomic E-state index is 13.8. The first kappa shape index (κ1) is 23.6. The smallest absolute Gasteiger partial charge is 0.306 e. The molecular weight excluding hydrogens is 507 g/mol. The fourth-order valence-corrected chi connectivity index (χ4v) is 10.6. The van der Waals surface area contributed by atoms with Crippen LogP contribution in [-0.4, -0.2) is 7.11 Å². The number of nitrogens with zero attached hydrogens (tertiary/aromatic N) is 6.